The molecule has 0 saturated heterocycles. The summed E-state index contributed by atoms with van der Waals surface area (Å²) in [5.41, 5.74) is 0.282. The van der Waals surface area contributed by atoms with Crippen LogP contribution in [0, 0.1) is 11.3 Å². The van der Waals surface area contributed by atoms with E-state index in [1.807, 2.05) is 12.3 Å². The van der Waals surface area contributed by atoms with Gasteiger partial charge in [0.25, 0.3) is 5.91 Å². The fourth-order valence-corrected chi connectivity index (χ4v) is 4.42. The fraction of sp³-hybridized carbons (Fsp3) is 0.600. The van der Waals surface area contributed by atoms with Crippen LogP contribution in [0.5, 0.6) is 0 Å². The number of carbonyl (C=O) groups is 1. The molecule has 0 aromatic rings. The molecule has 0 radical (unpaired) electrons. The monoisotopic (exact) mass is 240 g/mol. The molecule has 3 nitrogen and oxygen atoms in total. The third-order valence-corrected chi connectivity index (χ3v) is 5.38. The molecule has 5 heteroatoms. The van der Waals surface area contributed by atoms with E-state index in [9.17, 15) is 4.79 Å². The van der Waals surface area contributed by atoms with Crippen molar-refractivity contribution in [2.24, 2.45) is 0 Å². The molecular formula is C10H12N2OS2. The molecule has 0 atom stereocenters. The quantitative estimate of drug-likeness (QED) is 0.763. The zero-order chi connectivity index (χ0) is 10.9. The Kier molecular flexibility index (Phi) is 2.98. The van der Waals surface area contributed by atoms with Gasteiger partial charge in [-0.1, -0.05) is 24.6 Å². The van der Waals surface area contributed by atoms with Crippen LogP contribution < -0.4 is 5.32 Å². The van der Waals surface area contributed by atoms with Crippen molar-refractivity contribution in [1.82, 2.24) is 5.32 Å². The van der Waals surface area contributed by atoms with Gasteiger partial charge in [0.2, 0.25) is 0 Å². The molecule has 1 aliphatic heterocycles. The molecule has 15 heavy (non-hydrogen) atoms. The molecule has 1 fully saturated rings. The number of hydrogen-bond donors (Lipinski definition) is 1. The Balaban J connectivity index is 2.32. The van der Waals surface area contributed by atoms with Crippen molar-refractivity contribution in [3.05, 3.63) is 9.81 Å². The number of amides is 1. The van der Waals surface area contributed by atoms with Crippen LogP contribution in [0.25, 0.3) is 0 Å². The van der Waals surface area contributed by atoms with Crippen molar-refractivity contribution in [1.29, 1.82) is 5.26 Å². The van der Waals surface area contributed by atoms with Gasteiger partial charge in [-0.2, -0.15) is 5.26 Å². The summed E-state index contributed by atoms with van der Waals surface area (Å²) in [7, 11) is 0. The molecule has 1 spiro atoms. The van der Waals surface area contributed by atoms with Gasteiger partial charge >= 0.3 is 0 Å². The summed E-state index contributed by atoms with van der Waals surface area (Å²) in [6, 6.07) is 1.99. The zero-order valence-electron chi connectivity index (χ0n) is 8.50. The summed E-state index contributed by atoms with van der Waals surface area (Å²) in [4.78, 5) is 11.6. The first-order valence-corrected chi connectivity index (χ1v) is 6.95. The smallest absolute Gasteiger partial charge is 0.264 e. The minimum atomic E-state index is -0.192. The Morgan fingerprint density at radius 3 is 2.73 bits per heavy atom. The van der Waals surface area contributed by atoms with Crippen LogP contribution in [0.3, 0.4) is 0 Å². The van der Waals surface area contributed by atoms with Crippen LogP contribution in [0.4, 0.5) is 0 Å². The first-order valence-electron chi connectivity index (χ1n) is 4.91. The lowest BCUT2D eigenvalue weighted by molar-refractivity contribution is -0.118. The van der Waals surface area contributed by atoms with E-state index in [-0.39, 0.29) is 16.4 Å². The number of nitriles is 1. The maximum Gasteiger partial charge on any atom is 0.264 e. The van der Waals surface area contributed by atoms with Gasteiger partial charge in [0.1, 0.15) is 11.6 Å². The Bertz CT molecular complexity index is 364. The molecule has 0 aromatic carbocycles. The lowest BCUT2D eigenvalue weighted by Crippen LogP contribution is -2.46. The normalized spacial score (nSPS) is 24.1. The van der Waals surface area contributed by atoms with Gasteiger partial charge in [-0.15, -0.1) is 11.8 Å². The predicted octanol–water partition coefficient (Wildman–Crippen LogP) is 2.22. The molecule has 1 N–H and O–H groups in total. The van der Waals surface area contributed by atoms with Crippen molar-refractivity contribution in [3.8, 4) is 6.07 Å². The van der Waals surface area contributed by atoms with E-state index < -0.39 is 0 Å². The average Bonchev–Trinajstić information content (AvgIpc) is 2.65. The van der Waals surface area contributed by atoms with Gasteiger partial charge in [-0.05, 0) is 19.1 Å². The summed E-state index contributed by atoms with van der Waals surface area (Å²) >= 11 is 3.17. The fourth-order valence-electron chi connectivity index (χ4n) is 2.03. The van der Waals surface area contributed by atoms with Crippen LogP contribution in [0.2, 0.25) is 0 Å². The van der Waals surface area contributed by atoms with E-state index in [4.69, 9.17) is 5.26 Å². The van der Waals surface area contributed by atoms with Crippen LogP contribution in [-0.4, -0.2) is 17.0 Å². The second-order valence-corrected chi connectivity index (χ2v) is 6.20. The first kappa shape index (κ1) is 10.9. The second kappa shape index (κ2) is 4.11. The standard InChI is InChI=1S/C10H12N2OS2/c1-14-9-7(6-11)8(13)12-10(15-9)4-2-3-5-10/h2-5H2,1H3,(H,12,13). The van der Waals surface area contributed by atoms with Gasteiger partial charge in [-0.3, -0.25) is 4.79 Å². The van der Waals surface area contributed by atoms with E-state index in [0.717, 1.165) is 29.9 Å². The van der Waals surface area contributed by atoms with Crippen molar-refractivity contribution in [2.75, 3.05) is 6.26 Å². The predicted molar refractivity (Wildman–Crippen MR) is 63.1 cm³/mol. The van der Waals surface area contributed by atoms with Crippen LogP contribution >= 0.6 is 23.5 Å². The summed E-state index contributed by atoms with van der Waals surface area (Å²) in [5, 5.41) is 11.9. The van der Waals surface area contributed by atoms with Gasteiger partial charge < -0.3 is 5.32 Å². The van der Waals surface area contributed by atoms with E-state index in [2.05, 4.69) is 5.32 Å². The Morgan fingerprint density at radius 2 is 2.20 bits per heavy atom. The maximum atomic E-state index is 11.7. The van der Waals surface area contributed by atoms with E-state index in [1.54, 1.807) is 11.8 Å². The molecule has 0 bridgehead atoms. The molecule has 1 amide bonds. The molecule has 0 aromatic heterocycles. The lowest BCUT2D eigenvalue weighted by atomic mass is 10.2. The third kappa shape index (κ3) is 1.88. The van der Waals surface area contributed by atoms with Crippen molar-refractivity contribution in [3.63, 3.8) is 0 Å². The summed E-state index contributed by atoms with van der Waals surface area (Å²) in [6.45, 7) is 0. The maximum absolute atomic E-state index is 11.7. The molecular weight excluding hydrogens is 228 g/mol. The highest BCUT2D eigenvalue weighted by Crippen LogP contribution is 2.49. The summed E-state index contributed by atoms with van der Waals surface area (Å²) < 4.78 is 0.878. The Labute approximate surface area is 97.7 Å². The van der Waals surface area contributed by atoms with Crippen molar-refractivity contribution >= 4 is 29.4 Å². The Morgan fingerprint density at radius 1 is 1.53 bits per heavy atom. The van der Waals surface area contributed by atoms with Gasteiger partial charge in [0.15, 0.2) is 0 Å². The molecule has 2 rings (SSSR count). The minimum Gasteiger partial charge on any atom is -0.337 e. The van der Waals surface area contributed by atoms with E-state index in [1.165, 1.54) is 11.8 Å². The largest absolute Gasteiger partial charge is 0.337 e. The van der Waals surface area contributed by atoms with Crippen LogP contribution in [0.15, 0.2) is 9.81 Å². The summed E-state index contributed by atoms with van der Waals surface area (Å²) in [6.07, 6.45) is 6.28. The highest BCUT2D eigenvalue weighted by molar-refractivity contribution is 8.22. The highest BCUT2D eigenvalue weighted by Gasteiger charge is 2.42. The van der Waals surface area contributed by atoms with Crippen LogP contribution in [-0.2, 0) is 4.79 Å². The van der Waals surface area contributed by atoms with Gasteiger partial charge in [-0.25, -0.2) is 0 Å². The van der Waals surface area contributed by atoms with Crippen molar-refractivity contribution < 1.29 is 4.79 Å². The topological polar surface area (TPSA) is 52.9 Å². The number of thioether (sulfide) groups is 2. The molecule has 2 aliphatic rings. The molecule has 0 unspecified atom stereocenters. The number of nitrogens with zero attached hydrogens (tertiary/aromatic N) is 1. The third-order valence-electron chi connectivity index (χ3n) is 2.77. The summed E-state index contributed by atoms with van der Waals surface area (Å²) in [5.74, 6) is -0.192. The minimum absolute atomic E-state index is 0.115. The number of hydrogen-bond acceptors (Lipinski definition) is 4. The molecule has 1 saturated carbocycles. The first-order chi connectivity index (χ1) is 7.21. The van der Waals surface area contributed by atoms with Gasteiger partial charge in [0, 0.05) is 0 Å². The van der Waals surface area contributed by atoms with Crippen LogP contribution in [0.1, 0.15) is 25.7 Å². The lowest BCUT2D eigenvalue weighted by Gasteiger charge is -2.34. The molecule has 1 heterocycles. The van der Waals surface area contributed by atoms with E-state index in [0.29, 0.717) is 0 Å². The highest BCUT2D eigenvalue weighted by atomic mass is 32.2. The average molecular weight is 240 g/mol. The SMILES string of the molecule is CSC1=C(C#N)C(=O)NC2(CCCC2)S1. The Hall–Kier alpha value is -0.600. The zero-order valence-corrected chi connectivity index (χ0v) is 10.1. The van der Waals surface area contributed by atoms with Crippen molar-refractivity contribution in [2.45, 2.75) is 30.6 Å². The second-order valence-electron chi connectivity index (χ2n) is 3.74. The number of carbonyl (C=O) groups excluding carboxylic acids is 1. The number of rotatable bonds is 1. The molecule has 80 valence electrons. The molecule has 1 aliphatic carbocycles. The number of nitrogens with one attached hydrogen (secondary N) is 1. The van der Waals surface area contributed by atoms with Gasteiger partial charge in [0.05, 0.1) is 9.11 Å². The van der Waals surface area contributed by atoms with E-state index >= 15 is 0 Å².